The third kappa shape index (κ3) is 3.65. The molecule has 1 saturated heterocycles. The molecule has 2 N–H and O–H groups in total. The first-order valence-corrected chi connectivity index (χ1v) is 6.51. The van der Waals surface area contributed by atoms with Crippen molar-refractivity contribution in [2.45, 2.75) is 19.5 Å². The minimum absolute atomic E-state index is 0.213. The van der Waals surface area contributed by atoms with Crippen molar-refractivity contribution in [3.8, 4) is 0 Å². The van der Waals surface area contributed by atoms with Gasteiger partial charge in [0.05, 0.1) is 13.2 Å². The smallest absolute Gasteiger partial charge is 0.126 e. The highest BCUT2D eigenvalue weighted by Crippen LogP contribution is 2.20. The molecule has 1 heterocycles. The van der Waals surface area contributed by atoms with Crippen LogP contribution < -0.4 is 10.6 Å². The second kappa shape index (κ2) is 6.48. The fourth-order valence-corrected chi connectivity index (χ4v) is 2.24. The topological polar surface area (TPSA) is 33.3 Å². The number of benzene rings is 1. The van der Waals surface area contributed by atoms with Crippen molar-refractivity contribution in [2.75, 3.05) is 26.3 Å². The van der Waals surface area contributed by atoms with Crippen molar-refractivity contribution in [3.05, 3.63) is 34.1 Å². The number of morpholine rings is 1. The molecule has 100 valence electrons. The van der Waals surface area contributed by atoms with E-state index in [1.54, 1.807) is 13.0 Å². The van der Waals surface area contributed by atoms with Crippen LogP contribution in [0.1, 0.15) is 11.1 Å². The molecule has 0 aromatic heterocycles. The van der Waals surface area contributed by atoms with E-state index >= 15 is 0 Å². The van der Waals surface area contributed by atoms with E-state index in [1.807, 2.05) is 0 Å². The molecule has 1 aromatic rings. The lowest BCUT2D eigenvalue weighted by atomic mass is 10.1. The summed E-state index contributed by atoms with van der Waals surface area (Å²) >= 11 is 6.08. The van der Waals surface area contributed by atoms with Crippen LogP contribution in [0, 0.1) is 12.7 Å². The highest BCUT2D eigenvalue weighted by molar-refractivity contribution is 6.31. The van der Waals surface area contributed by atoms with Gasteiger partial charge in [-0.3, -0.25) is 0 Å². The predicted octanol–water partition coefficient (Wildman–Crippen LogP) is 1.87. The molecular formula is C13H18ClFN2O. The minimum atomic E-state index is -0.213. The van der Waals surface area contributed by atoms with Crippen LogP contribution in [0.15, 0.2) is 12.1 Å². The Balaban J connectivity index is 1.84. The monoisotopic (exact) mass is 272 g/mol. The molecule has 18 heavy (non-hydrogen) atoms. The maximum atomic E-state index is 13.4. The first-order chi connectivity index (χ1) is 8.66. The minimum Gasteiger partial charge on any atom is -0.378 e. The lowest BCUT2D eigenvalue weighted by Crippen LogP contribution is -2.47. The molecule has 5 heteroatoms. The first kappa shape index (κ1) is 13.7. The van der Waals surface area contributed by atoms with E-state index < -0.39 is 0 Å². The van der Waals surface area contributed by atoms with Gasteiger partial charge in [-0.1, -0.05) is 11.6 Å². The highest BCUT2D eigenvalue weighted by atomic mass is 35.5. The second-order valence-electron chi connectivity index (χ2n) is 4.55. The molecule has 0 radical (unpaired) electrons. The summed E-state index contributed by atoms with van der Waals surface area (Å²) in [5, 5.41) is 7.22. The van der Waals surface area contributed by atoms with Crippen molar-refractivity contribution in [1.29, 1.82) is 0 Å². The second-order valence-corrected chi connectivity index (χ2v) is 4.96. The molecule has 2 rings (SSSR count). The Bertz CT molecular complexity index is 408. The highest BCUT2D eigenvalue weighted by Gasteiger charge is 2.12. The summed E-state index contributed by atoms with van der Waals surface area (Å²) in [5.74, 6) is -0.213. The van der Waals surface area contributed by atoms with Crippen LogP contribution in [-0.2, 0) is 11.3 Å². The van der Waals surface area contributed by atoms with E-state index in [0.717, 1.165) is 25.3 Å². The van der Waals surface area contributed by atoms with Crippen molar-refractivity contribution in [3.63, 3.8) is 0 Å². The van der Waals surface area contributed by atoms with Gasteiger partial charge in [-0.05, 0) is 30.2 Å². The largest absolute Gasteiger partial charge is 0.378 e. The molecule has 0 bridgehead atoms. The van der Waals surface area contributed by atoms with Crippen LogP contribution in [0.4, 0.5) is 4.39 Å². The van der Waals surface area contributed by atoms with Gasteiger partial charge in [0, 0.05) is 30.7 Å². The summed E-state index contributed by atoms with van der Waals surface area (Å²) in [6.07, 6.45) is 0. The van der Waals surface area contributed by atoms with Gasteiger partial charge in [0.15, 0.2) is 0 Å². The summed E-state index contributed by atoms with van der Waals surface area (Å²) in [4.78, 5) is 0. The number of ether oxygens (including phenoxy) is 1. The number of aryl methyl sites for hydroxylation is 1. The zero-order chi connectivity index (χ0) is 13.0. The summed E-state index contributed by atoms with van der Waals surface area (Å²) in [6, 6.07) is 3.47. The molecule has 0 spiro atoms. The fraction of sp³-hybridized carbons (Fsp3) is 0.538. The Morgan fingerprint density at radius 3 is 3.11 bits per heavy atom. The Morgan fingerprint density at radius 1 is 1.56 bits per heavy atom. The van der Waals surface area contributed by atoms with Gasteiger partial charge < -0.3 is 15.4 Å². The van der Waals surface area contributed by atoms with Crippen LogP contribution in [-0.4, -0.2) is 32.3 Å². The van der Waals surface area contributed by atoms with Gasteiger partial charge in [-0.15, -0.1) is 0 Å². The molecule has 1 aliphatic rings. The fourth-order valence-electron chi connectivity index (χ4n) is 1.95. The average molecular weight is 273 g/mol. The third-order valence-electron chi connectivity index (χ3n) is 3.03. The lowest BCUT2D eigenvalue weighted by Gasteiger charge is -2.24. The summed E-state index contributed by atoms with van der Waals surface area (Å²) in [6.45, 7) is 5.42. The van der Waals surface area contributed by atoms with E-state index in [9.17, 15) is 4.39 Å². The lowest BCUT2D eigenvalue weighted by molar-refractivity contribution is 0.0766. The quantitative estimate of drug-likeness (QED) is 0.878. The van der Waals surface area contributed by atoms with E-state index in [2.05, 4.69) is 10.6 Å². The van der Waals surface area contributed by atoms with Crippen molar-refractivity contribution < 1.29 is 9.13 Å². The molecule has 0 amide bonds. The molecule has 3 nitrogen and oxygen atoms in total. The number of halogens is 2. The van der Waals surface area contributed by atoms with Crippen LogP contribution >= 0.6 is 11.6 Å². The Morgan fingerprint density at radius 2 is 2.39 bits per heavy atom. The SMILES string of the molecule is Cc1cc(Cl)c(CNCC2COCCN2)cc1F. The van der Waals surface area contributed by atoms with Gasteiger partial charge in [0.25, 0.3) is 0 Å². The van der Waals surface area contributed by atoms with Gasteiger partial charge in [-0.25, -0.2) is 4.39 Å². The van der Waals surface area contributed by atoms with Crippen molar-refractivity contribution in [2.24, 2.45) is 0 Å². The number of hydrogen-bond acceptors (Lipinski definition) is 3. The van der Waals surface area contributed by atoms with Crippen LogP contribution in [0.3, 0.4) is 0 Å². The van der Waals surface area contributed by atoms with Crippen LogP contribution in [0.25, 0.3) is 0 Å². The van der Waals surface area contributed by atoms with Crippen molar-refractivity contribution >= 4 is 11.6 Å². The maximum Gasteiger partial charge on any atom is 0.126 e. The van der Waals surface area contributed by atoms with Gasteiger partial charge in [-0.2, -0.15) is 0 Å². The Hall–Kier alpha value is -0.680. The molecule has 1 aliphatic heterocycles. The average Bonchev–Trinajstić information content (AvgIpc) is 2.37. The maximum absolute atomic E-state index is 13.4. The molecule has 0 aliphatic carbocycles. The predicted molar refractivity (Wildman–Crippen MR) is 70.5 cm³/mol. The van der Waals surface area contributed by atoms with Gasteiger partial charge >= 0.3 is 0 Å². The Kier molecular flexibility index (Phi) is 4.95. The van der Waals surface area contributed by atoms with E-state index in [0.29, 0.717) is 29.8 Å². The van der Waals surface area contributed by atoms with E-state index in [1.165, 1.54) is 6.07 Å². The normalized spacial score (nSPS) is 20.1. The molecule has 0 saturated carbocycles. The summed E-state index contributed by atoms with van der Waals surface area (Å²) in [7, 11) is 0. The number of nitrogens with one attached hydrogen (secondary N) is 2. The summed E-state index contributed by atoms with van der Waals surface area (Å²) in [5.41, 5.74) is 1.36. The zero-order valence-electron chi connectivity index (χ0n) is 10.4. The Labute approximate surface area is 112 Å². The molecule has 1 fully saturated rings. The van der Waals surface area contributed by atoms with Crippen molar-refractivity contribution in [1.82, 2.24) is 10.6 Å². The third-order valence-corrected chi connectivity index (χ3v) is 3.38. The standard InChI is InChI=1S/C13H18ClFN2O/c1-9-4-12(14)10(5-13(9)15)6-16-7-11-8-18-3-2-17-11/h4-5,11,16-17H,2-3,6-8H2,1H3. The molecular weight excluding hydrogens is 255 g/mol. The molecule has 1 atom stereocenters. The van der Waals surface area contributed by atoms with Crippen LogP contribution in [0.5, 0.6) is 0 Å². The summed E-state index contributed by atoms with van der Waals surface area (Å²) < 4.78 is 18.8. The number of hydrogen-bond donors (Lipinski definition) is 2. The molecule has 1 aromatic carbocycles. The zero-order valence-corrected chi connectivity index (χ0v) is 11.2. The van der Waals surface area contributed by atoms with E-state index in [4.69, 9.17) is 16.3 Å². The molecule has 1 unspecified atom stereocenters. The first-order valence-electron chi connectivity index (χ1n) is 6.13. The van der Waals surface area contributed by atoms with Crippen LogP contribution in [0.2, 0.25) is 5.02 Å². The number of rotatable bonds is 4. The van der Waals surface area contributed by atoms with Gasteiger partial charge in [0.1, 0.15) is 5.82 Å². The van der Waals surface area contributed by atoms with Gasteiger partial charge in [0.2, 0.25) is 0 Å². The van der Waals surface area contributed by atoms with E-state index in [-0.39, 0.29) is 5.82 Å².